The van der Waals surface area contributed by atoms with E-state index in [0.29, 0.717) is 33.0 Å². The summed E-state index contributed by atoms with van der Waals surface area (Å²) in [5, 5.41) is 4.39. The molecule has 63 heavy (non-hydrogen) atoms. The number of nitrogens with zero attached hydrogens (tertiary/aromatic N) is 5. The molecule has 2 aromatic rings. The fourth-order valence-corrected chi connectivity index (χ4v) is 9.66. The number of alkyl halides is 2. The first kappa shape index (κ1) is 58.7. The van der Waals surface area contributed by atoms with Crippen molar-refractivity contribution in [2.45, 2.75) is 128 Å². The van der Waals surface area contributed by atoms with Crippen molar-refractivity contribution in [2.24, 2.45) is 10.8 Å². The zero-order valence-electron chi connectivity index (χ0n) is 39.0. The van der Waals surface area contributed by atoms with E-state index in [0.717, 1.165) is 66.8 Å². The van der Waals surface area contributed by atoms with E-state index in [1.807, 2.05) is 24.3 Å². The molecule has 358 valence electrons. The number of hydrogen-bond acceptors (Lipinski definition) is 10. The Bertz CT molecular complexity index is 1730. The zero-order valence-corrected chi connectivity index (χ0v) is 53.2. The van der Waals surface area contributed by atoms with Gasteiger partial charge in [0.1, 0.15) is 26.4 Å². The molecule has 4 aliphatic rings. The second-order valence-electron chi connectivity index (χ2n) is 19.1. The van der Waals surface area contributed by atoms with Crippen molar-refractivity contribution >= 4 is 122 Å². The summed E-state index contributed by atoms with van der Waals surface area (Å²) in [5.41, 5.74) is 18.1. The van der Waals surface area contributed by atoms with Gasteiger partial charge in [0.05, 0.1) is 20.7 Å². The van der Waals surface area contributed by atoms with E-state index in [1.54, 1.807) is 0 Å². The van der Waals surface area contributed by atoms with E-state index >= 15 is 0 Å². The summed E-state index contributed by atoms with van der Waals surface area (Å²) in [6.07, 6.45) is 4.47. The molecule has 0 saturated carbocycles. The Labute approximate surface area is 446 Å². The molecule has 2 N–H and O–H groups in total. The average Bonchev–Trinajstić information content (AvgIpc) is 3.93. The van der Waals surface area contributed by atoms with Gasteiger partial charge in [-0.1, -0.05) is 104 Å². The number of ether oxygens (including phenoxy) is 4. The van der Waals surface area contributed by atoms with Crippen molar-refractivity contribution in [1.82, 2.24) is 9.80 Å². The summed E-state index contributed by atoms with van der Waals surface area (Å²) in [5.74, 6) is 3.10. The van der Waals surface area contributed by atoms with Gasteiger partial charge in [0.25, 0.3) is 0 Å². The zero-order chi connectivity index (χ0) is 47.0. The van der Waals surface area contributed by atoms with Crippen molar-refractivity contribution < 1.29 is 32.7 Å². The molecule has 0 aliphatic carbocycles. The molecule has 4 heterocycles. The van der Waals surface area contributed by atoms with Gasteiger partial charge < -0.3 is 43.3 Å². The second-order valence-corrected chi connectivity index (χ2v) is 68.5. The van der Waals surface area contributed by atoms with Gasteiger partial charge in [-0.05, 0) is 129 Å². The molecule has 2 aromatic carbocycles. The molecule has 4 aliphatic heterocycles. The van der Waals surface area contributed by atoms with Crippen LogP contribution in [0.2, 0.25) is 36.3 Å². The third-order valence-corrected chi connectivity index (χ3v) is 21.4. The summed E-state index contributed by atoms with van der Waals surface area (Å²) < 4.78 is 37.9. The molecule has 2 fully saturated rings. The fourth-order valence-electron chi connectivity index (χ4n) is 7.08. The van der Waals surface area contributed by atoms with Crippen LogP contribution in [0.4, 0.5) is 0 Å². The molecule has 4 atom stereocenters. The molecule has 0 radical (unpaired) electrons. The first-order valence-corrected chi connectivity index (χ1v) is 44.2. The van der Waals surface area contributed by atoms with Gasteiger partial charge in [-0.15, -0.1) is 0 Å². The van der Waals surface area contributed by atoms with Crippen LogP contribution in [0.3, 0.4) is 0 Å². The second kappa shape index (κ2) is 28.3. The molecular formula is C43H72I5N6O6Si2V. The molecule has 2 saturated heterocycles. The van der Waals surface area contributed by atoms with Crippen LogP contribution in [-0.2, 0) is 13.8 Å². The monoisotopic (exact) mass is 1510 g/mol. The standard InChI is InChI=1S/C21H34N4O3Si.C21H36N2O3Si.CH2I2.3HI.V/c1-21(2,3)29(4,5)28-20(17(23-24-22)15-25-10-6-7-11-25)16-8-9-18-19(14-16)27-13-12-26-18;1-21(2,3)27(4,5)26-20(17(22)15-23-10-6-7-11-23)16-8-9-18-19(14-16)25-13-12-24-18;2-1-3;;;;/h8-9,14,17,20H,6-7,10-13,15H2,1-5H3;8-9,14,17,20H,6-7,10-13,15,22H2,1-5H3;1H2;3*1H;/q;;;;;;+3/p-3/t2*17-,20-;;;;;/m11...../s1. The summed E-state index contributed by atoms with van der Waals surface area (Å²) >= 11 is 11.9. The average molecular weight is 1510 g/mol. The Morgan fingerprint density at radius 1 is 0.683 bits per heavy atom. The number of azide groups is 1. The summed E-state index contributed by atoms with van der Waals surface area (Å²) in [6.45, 7) is 30.8. The molecule has 0 bridgehead atoms. The van der Waals surface area contributed by atoms with E-state index in [9.17, 15) is 5.53 Å². The van der Waals surface area contributed by atoms with Crippen molar-refractivity contribution in [3.05, 3.63) is 58.0 Å². The molecule has 6 rings (SSSR count). The van der Waals surface area contributed by atoms with Gasteiger partial charge in [-0.2, -0.15) is 0 Å². The van der Waals surface area contributed by atoms with Crippen LogP contribution in [0.1, 0.15) is 90.6 Å². The van der Waals surface area contributed by atoms with E-state index in [4.69, 9.17) is 33.5 Å². The fraction of sp³-hybridized carbons (Fsp3) is 0.721. The molecule has 0 aromatic heterocycles. The SMILES string of the molecule is CC(C)(C)[Si](C)(C)O[C@H](c1ccc2c(c1)OCCO2)[C@@H](CN1CCCC1)N=[N+]=[N-].CC(C)(C)[Si](C)(C)O[C@H](c1ccc2c(c1)OCCO2)[C@H](N)CN1CCCC1.ICI.[I][V]([I])[I]. The number of benzene rings is 2. The number of halogens is 5. The molecule has 0 spiro atoms. The van der Waals surface area contributed by atoms with Crippen LogP contribution in [-0.4, -0.2) is 107 Å². The summed E-state index contributed by atoms with van der Waals surface area (Å²) in [6, 6.07) is 11.7. The Kier molecular flexibility index (Phi) is 26.4. The van der Waals surface area contributed by atoms with Gasteiger partial charge in [0.15, 0.2) is 39.6 Å². The predicted molar refractivity (Wildman–Crippen MR) is 304 cm³/mol. The van der Waals surface area contributed by atoms with Crippen LogP contribution in [0.15, 0.2) is 41.5 Å². The number of fused-ring (bicyclic) bond motifs is 2. The molecule has 0 amide bonds. The first-order valence-electron chi connectivity index (χ1n) is 21.8. The molecular weight excluding hydrogens is 1440 g/mol. The quantitative estimate of drug-likeness (QED) is 0.0519. The van der Waals surface area contributed by atoms with E-state index in [1.165, 1.54) is 28.1 Å². The van der Waals surface area contributed by atoms with Crippen LogP contribution >= 0.6 is 105 Å². The van der Waals surface area contributed by atoms with Gasteiger partial charge in [0.2, 0.25) is 0 Å². The van der Waals surface area contributed by atoms with Crippen molar-refractivity contribution in [3.63, 3.8) is 0 Å². The maximum absolute atomic E-state index is 9.31. The maximum atomic E-state index is 9.31. The number of hydrogen-bond donors (Lipinski definition) is 1. The van der Waals surface area contributed by atoms with Gasteiger partial charge >= 0.3 is 64.9 Å². The predicted octanol–water partition coefficient (Wildman–Crippen LogP) is 13.7. The minimum atomic E-state index is -2.11. The summed E-state index contributed by atoms with van der Waals surface area (Å²) in [7, 11) is -4.08. The topological polar surface area (TPSA) is 137 Å². The van der Waals surface area contributed by atoms with Gasteiger partial charge in [0, 0.05) is 24.0 Å². The minimum absolute atomic E-state index is 0.0492. The van der Waals surface area contributed by atoms with E-state index in [-0.39, 0.29) is 39.3 Å². The Morgan fingerprint density at radius 2 is 1.03 bits per heavy atom. The van der Waals surface area contributed by atoms with Gasteiger partial charge in [-0.3, -0.25) is 0 Å². The Hall–Kier alpha value is 1.42. The molecule has 20 heteroatoms. The van der Waals surface area contributed by atoms with Crippen molar-refractivity contribution in [2.75, 3.05) is 68.1 Å². The molecule has 12 nitrogen and oxygen atoms in total. The summed E-state index contributed by atoms with van der Waals surface area (Å²) in [4.78, 5) is 7.74. The van der Waals surface area contributed by atoms with E-state index < -0.39 is 16.6 Å². The number of nitrogens with two attached hydrogens (primary N) is 1. The first-order chi connectivity index (χ1) is 29.5. The van der Waals surface area contributed by atoms with Crippen LogP contribution in [0.25, 0.3) is 10.4 Å². The molecule has 0 unspecified atom stereocenters. The van der Waals surface area contributed by atoms with E-state index in [2.05, 4.69) is 205 Å². The Balaban J connectivity index is 0.000000293. The normalized spacial score (nSPS) is 18.6. The number of likely N-dealkylation sites (tertiary alicyclic amines) is 2. The number of rotatable bonds is 13. The third-order valence-electron chi connectivity index (χ3n) is 12.5. The van der Waals surface area contributed by atoms with Gasteiger partial charge in [-0.25, -0.2) is 0 Å². The van der Waals surface area contributed by atoms with Crippen LogP contribution in [0, 0.1) is 0 Å². The van der Waals surface area contributed by atoms with Crippen molar-refractivity contribution in [1.29, 1.82) is 0 Å². The van der Waals surface area contributed by atoms with Crippen LogP contribution < -0.4 is 24.7 Å². The third kappa shape index (κ3) is 19.6. The van der Waals surface area contributed by atoms with Crippen LogP contribution in [0.5, 0.6) is 23.0 Å². The Morgan fingerprint density at radius 3 is 1.41 bits per heavy atom. The van der Waals surface area contributed by atoms with Crippen molar-refractivity contribution in [3.8, 4) is 23.0 Å².